The van der Waals surface area contributed by atoms with Gasteiger partial charge in [0.2, 0.25) is 0 Å². The van der Waals surface area contributed by atoms with Gasteiger partial charge in [0.05, 0.1) is 5.69 Å². The van der Waals surface area contributed by atoms with Gasteiger partial charge < -0.3 is 4.98 Å². The Kier molecular flexibility index (Phi) is 3.40. The lowest BCUT2D eigenvalue weighted by Crippen LogP contribution is -1.93. The summed E-state index contributed by atoms with van der Waals surface area (Å²) in [5, 5.41) is 0. The number of benzene rings is 1. The maximum Gasteiger partial charge on any atom is 0.106 e. The Hall–Kier alpha value is -1.57. The van der Waals surface area contributed by atoms with Crippen LogP contribution < -0.4 is 0 Å². The van der Waals surface area contributed by atoms with Gasteiger partial charge in [-0.1, -0.05) is 36.8 Å². The van der Waals surface area contributed by atoms with Crippen molar-refractivity contribution in [2.24, 2.45) is 0 Å². The lowest BCUT2D eigenvalue weighted by Gasteiger charge is -2.00. The Morgan fingerprint density at radius 1 is 1.12 bits per heavy atom. The van der Waals surface area contributed by atoms with Gasteiger partial charge in [0, 0.05) is 12.6 Å². The van der Waals surface area contributed by atoms with Gasteiger partial charge in [0.15, 0.2) is 0 Å². The average Bonchev–Trinajstić information content (AvgIpc) is 2.76. The smallest absolute Gasteiger partial charge is 0.106 e. The zero-order chi connectivity index (χ0) is 11.4. The third-order valence-corrected chi connectivity index (χ3v) is 2.82. The average molecular weight is 214 g/mol. The van der Waals surface area contributed by atoms with Crippen molar-refractivity contribution in [1.82, 2.24) is 9.97 Å². The Morgan fingerprint density at radius 3 is 2.50 bits per heavy atom. The fourth-order valence-electron chi connectivity index (χ4n) is 1.73. The second-order valence-corrected chi connectivity index (χ2v) is 4.18. The van der Waals surface area contributed by atoms with E-state index < -0.39 is 0 Å². The van der Waals surface area contributed by atoms with E-state index >= 15 is 0 Å². The van der Waals surface area contributed by atoms with E-state index in [0.717, 1.165) is 30.8 Å². The first kappa shape index (κ1) is 10.9. The van der Waals surface area contributed by atoms with Crippen molar-refractivity contribution in [2.75, 3.05) is 0 Å². The number of hydrogen-bond donors (Lipinski definition) is 1. The number of aryl methyl sites for hydroxylation is 4. The molecule has 0 radical (unpaired) electrons. The maximum atomic E-state index is 4.51. The number of imidazole rings is 1. The molecule has 0 aliphatic carbocycles. The molecule has 0 aliphatic heterocycles. The van der Waals surface area contributed by atoms with E-state index in [0.29, 0.717) is 0 Å². The van der Waals surface area contributed by atoms with Crippen molar-refractivity contribution in [3.05, 3.63) is 53.1 Å². The van der Waals surface area contributed by atoms with Crippen LogP contribution in [0.3, 0.4) is 0 Å². The van der Waals surface area contributed by atoms with Crippen molar-refractivity contribution >= 4 is 0 Å². The molecule has 0 aliphatic rings. The number of rotatable bonds is 4. The second kappa shape index (κ2) is 4.97. The van der Waals surface area contributed by atoms with E-state index in [1.54, 1.807) is 0 Å². The zero-order valence-electron chi connectivity index (χ0n) is 9.96. The molecule has 2 heteroatoms. The molecule has 0 atom stereocenters. The van der Waals surface area contributed by atoms with E-state index in [2.05, 4.69) is 48.1 Å². The third kappa shape index (κ3) is 2.72. The predicted octanol–water partition coefficient (Wildman–Crippen LogP) is 3.07. The van der Waals surface area contributed by atoms with Crippen LogP contribution in [0.1, 0.15) is 29.6 Å². The minimum absolute atomic E-state index is 0.989. The molecule has 0 unspecified atom stereocenters. The highest BCUT2D eigenvalue weighted by atomic mass is 14.9. The van der Waals surface area contributed by atoms with Gasteiger partial charge in [-0.3, -0.25) is 0 Å². The molecule has 1 aromatic carbocycles. The molecular formula is C14H18N2. The minimum Gasteiger partial charge on any atom is -0.348 e. The van der Waals surface area contributed by atoms with Crippen LogP contribution in [0.5, 0.6) is 0 Å². The molecule has 84 valence electrons. The van der Waals surface area contributed by atoms with Crippen LogP contribution in [-0.4, -0.2) is 9.97 Å². The van der Waals surface area contributed by atoms with E-state index in [1.165, 1.54) is 11.1 Å². The summed E-state index contributed by atoms with van der Waals surface area (Å²) in [5.74, 6) is 1.09. The monoisotopic (exact) mass is 214 g/mol. The van der Waals surface area contributed by atoms with Crippen molar-refractivity contribution in [3.8, 4) is 0 Å². The summed E-state index contributed by atoms with van der Waals surface area (Å²) in [6, 6.07) is 8.71. The quantitative estimate of drug-likeness (QED) is 0.832. The fourth-order valence-corrected chi connectivity index (χ4v) is 1.73. The predicted molar refractivity (Wildman–Crippen MR) is 66.6 cm³/mol. The van der Waals surface area contributed by atoms with Gasteiger partial charge in [-0.15, -0.1) is 0 Å². The van der Waals surface area contributed by atoms with Crippen LogP contribution in [0.25, 0.3) is 0 Å². The first-order valence-electron chi connectivity index (χ1n) is 5.86. The molecule has 16 heavy (non-hydrogen) atoms. The number of H-pyrrole nitrogens is 1. The molecule has 2 nitrogen and oxygen atoms in total. The van der Waals surface area contributed by atoms with Crippen LogP contribution in [0.2, 0.25) is 0 Å². The topological polar surface area (TPSA) is 28.7 Å². The Labute approximate surface area is 96.7 Å². The largest absolute Gasteiger partial charge is 0.348 e. The molecule has 2 aromatic rings. The van der Waals surface area contributed by atoms with Gasteiger partial charge in [-0.25, -0.2) is 4.98 Å². The summed E-state index contributed by atoms with van der Waals surface area (Å²) >= 11 is 0. The van der Waals surface area contributed by atoms with E-state index in [1.807, 2.05) is 6.20 Å². The van der Waals surface area contributed by atoms with Crippen LogP contribution in [0, 0.1) is 6.92 Å². The lowest BCUT2D eigenvalue weighted by molar-refractivity contribution is 0.875. The molecular weight excluding hydrogens is 196 g/mol. The second-order valence-electron chi connectivity index (χ2n) is 4.18. The third-order valence-electron chi connectivity index (χ3n) is 2.82. The number of aromatic amines is 1. The maximum absolute atomic E-state index is 4.51. The van der Waals surface area contributed by atoms with Gasteiger partial charge in [0.1, 0.15) is 5.82 Å². The molecule has 0 fully saturated rings. The molecule has 1 aromatic heterocycles. The van der Waals surface area contributed by atoms with E-state index in [4.69, 9.17) is 0 Å². The first-order chi connectivity index (χ1) is 7.78. The van der Waals surface area contributed by atoms with Crippen LogP contribution in [-0.2, 0) is 19.3 Å². The first-order valence-corrected chi connectivity index (χ1v) is 5.86. The van der Waals surface area contributed by atoms with Gasteiger partial charge in [-0.2, -0.15) is 0 Å². The minimum atomic E-state index is 0.989. The highest BCUT2D eigenvalue weighted by Crippen LogP contribution is 2.07. The Balaban J connectivity index is 1.94. The summed E-state index contributed by atoms with van der Waals surface area (Å²) in [6.45, 7) is 4.24. The molecule has 2 rings (SSSR count). The van der Waals surface area contributed by atoms with Crippen molar-refractivity contribution < 1.29 is 0 Å². The number of nitrogens with zero attached hydrogens (tertiary/aromatic N) is 1. The van der Waals surface area contributed by atoms with Gasteiger partial charge >= 0.3 is 0 Å². The summed E-state index contributed by atoms with van der Waals surface area (Å²) in [5.41, 5.74) is 3.84. The van der Waals surface area contributed by atoms with E-state index in [9.17, 15) is 0 Å². The summed E-state index contributed by atoms with van der Waals surface area (Å²) < 4.78 is 0. The number of hydrogen-bond acceptors (Lipinski definition) is 1. The van der Waals surface area contributed by atoms with Crippen molar-refractivity contribution in [3.63, 3.8) is 0 Å². The fraction of sp³-hybridized carbons (Fsp3) is 0.357. The van der Waals surface area contributed by atoms with Crippen LogP contribution >= 0.6 is 0 Å². The molecule has 0 amide bonds. The highest BCUT2D eigenvalue weighted by Gasteiger charge is 2.00. The van der Waals surface area contributed by atoms with Gasteiger partial charge in [0.25, 0.3) is 0 Å². The zero-order valence-corrected chi connectivity index (χ0v) is 9.96. The highest BCUT2D eigenvalue weighted by molar-refractivity contribution is 5.21. The standard InChI is InChI=1S/C14H18N2/c1-3-13-10-15-14(16-13)9-8-12-6-4-11(2)5-7-12/h4-7,10H,3,8-9H2,1-2H3,(H,15,16). The number of aromatic nitrogens is 2. The van der Waals surface area contributed by atoms with E-state index in [-0.39, 0.29) is 0 Å². The summed E-state index contributed by atoms with van der Waals surface area (Å²) in [7, 11) is 0. The summed E-state index contributed by atoms with van der Waals surface area (Å²) in [4.78, 5) is 7.73. The Morgan fingerprint density at radius 2 is 1.88 bits per heavy atom. The molecule has 0 bridgehead atoms. The SMILES string of the molecule is CCc1c[nH]c(CCc2ccc(C)cc2)n1. The molecule has 1 N–H and O–H groups in total. The van der Waals surface area contributed by atoms with Crippen molar-refractivity contribution in [2.45, 2.75) is 33.1 Å². The lowest BCUT2D eigenvalue weighted by atomic mass is 10.1. The van der Waals surface area contributed by atoms with Crippen molar-refractivity contribution in [1.29, 1.82) is 0 Å². The normalized spacial score (nSPS) is 10.6. The summed E-state index contributed by atoms with van der Waals surface area (Å²) in [6.07, 6.45) is 5.05. The van der Waals surface area contributed by atoms with Crippen LogP contribution in [0.15, 0.2) is 30.5 Å². The van der Waals surface area contributed by atoms with Gasteiger partial charge in [-0.05, 0) is 25.3 Å². The molecule has 0 saturated carbocycles. The number of nitrogens with one attached hydrogen (secondary N) is 1. The molecule has 0 saturated heterocycles. The molecule has 1 heterocycles. The Bertz CT molecular complexity index is 440. The molecule has 0 spiro atoms. The van der Waals surface area contributed by atoms with Crippen LogP contribution in [0.4, 0.5) is 0 Å².